The third-order valence-corrected chi connectivity index (χ3v) is 3.47. The van der Waals surface area contributed by atoms with Crippen LogP contribution in [-0.2, 0) is 6.42 Å². The Labute approximate surface area is 122 Å². The summed E-state index contributed by atoms with van der Waals surface area (Å²) in [7, 11) is 0. The molecule has 2 aromatic rings. The predicted molar refractivity (Wildman–Crippen MR) is 72.0 cm³/mol. The number of aromatic nitrogens is 1. The maximum absolute atomic E-state index is 13.9. The second-order valence-electron chi connectivity index (χ2n) is 4.15. The van der Waals surface area contributed by atoms with Crippen molar-refractivity contribution in [2.24, 2.45) is 5.84 Å². The van der Waals surface area contributed by atoms with Crippen LogP contribution in [0, 0.1) is 17.5 Å². The van der Waals surface area contributed by atoms with Gasteiger partial charge in [-0.1, -0.05) is 0 Å². The number of rotatable bonds is 4. The SMILES string of the molecule is NNC(Cc1c(F)ccc(Br)c1F)c1ccc(F)cn1. The Morgan fingerprint density at radius 1 is 1.20 bits per heavy atom. The van der Waals surface area contributed by atoms with Crippen molar-refractivity contribution in [3.8, 4) is 0 Å². The summed E-state index contributed by atoms with van der Waals surface area (Å²) in [5.41, 5.74) is 2.71. The number of benzene rings is 1. The van der Waals surface area contributed by atoms with Gasteiger partial charge in [0.2, 0.25) is 0 Å². The van der Waals surface area contributed by atoms with Gasteiger partial charge in [-0.3, -0.25) is 16.3 Å². The van der Waals surface area contributed by atoms with Crippen molar-refractivity contribution in [3.05, 3.63) is 63.6 Å². The van der Waals surface area contributed by atoms with Gasteiger partial charge in [-0.25, -0.2) is 13.2 Å². The molecule has 0 aliphatic carbocycles. The van der Waals surface area contributed by atoms with Gasteiger partial charge in [0.1, 0.15) is 17.5 Å². The molecule has 0 fully saturated rings. The van der Waals surface area contributed by atoms with E-state index < -0.39 is 23.5 Å². The standard InChI is InChI=1S/C13H11BrF3N3/c14-9-2-3-10(16)8(13(9)17)5-12(20-18)11-4-1-7(15)6-19-11/h1-4,6,12,20H,5,18H2. The Balaban J connectivity index is 2.31. The molecule has 3 nitrogen and oxygen atoms in total. The zero-order valence-corrected chi connectivity index (χ0v) is 11.8. The quantitative estimate of drug-likeness (QED) is 0.508. The Morgan fingerprint density at radius 3 is 2.55 bits per heavy atom. The van der Waals surface area contributed by atoms with E-state index in [1.807, 2.05) is 0 Å². The Morgan fingerprint density at radius 2 is 1.95 bits per heavy atom. The Hall–Kier alpha value is -1.44. The number of nitrogens with zero attached hydrogens (tertiary/aromatic N) is 1. The van der Waals surface area contributed by atoms with Crippen LogP contribution in [0.3, 0.4) is 0 Å². The van der Waals surface area contributed by atoms with Gasteiger partial charge in [0.25, 0.3) is 0 Å². The van der Waals surface area contributed by atoms with E-state index in [0.29, 0.717) is 5.69 Å². The lowest BCUT2D eigenvalue weighted by molar-refractivity contribution is 0.489. The highest BCUT2D eigenvalue weighted by Gasteiger charge is 2.19. The molecule has 7 heteroatoms. The molecule has 1 aromatic carbocycles. The average molecular weight is 346 g/mol. The van der Waals surface area contributed by atoms with Crippen LogP contribution in [0.4, 0.5) is 13.2 Å². The van der Waals surface area contributed by atoms with E-state index in [4.69, 9.17) is 5.84 Å². The maximum atomic E-state index is 13.9. The molecule has 1 unspecified atom stereocenters. The van der Waals surface area contributed by atoms with Crippen LogP contribution < -0.4 is 11.3 Å². The first-order valence-electron chi connectivity index (χ1n) is 5.73. The van der Waals surface area contributed by atoms with E-state index >= 15 is 0 Å². The van der Waals surface area contributed by atoms with Crippen molar-refractivity contribution in [1.82, 2.24) is 10.4 Å². The summed E-state index contributed by atoms with van der Waals surface area (Å²) >= 11 is 3.00. The van der Waals surface area contributed by atoms with Crippen LogP contribution in [-0.4, -0.2) is 4.98 Å². The van der Waals surface area contributed by atoms with Crippen LogP contribution in [0.5, 0.6) is 0 Å². The van der Waals surface area contributed by atoms with Gasteiger partial charge >= 0.3 is 0 Å². The zero-order valence-electron chi connectivity index (χ0n) is 10.2. The summed E-state index contributed by atoms with van der Waals surface area (Å²) in [6.45, 7) is 0. The van der Waals surface area contributed by atoms with Gasteiger partial charge in [0, 0.05) is 12.0 Å². The number of nitrogens with two attached hydrogens (primary N) is 1. The fourth-order valence-electron chi connectivity index (χ4n) is 1.80. The number of halogens is 4. The molecule has 0 amide bonds. The van der Waals surface area contributed by atoms with Gasteiger partial charge in [-0.15, -0.1) is 0 Å². The number of hydrogen-bond acceptors (Lipinski definition) is 3. The first-order chi connectivity index (χ1) is 9.52. The monoisotopic (exact) mass is 345 g/mol. The number of hydrazine groups is 1. The highest BCUT2D eigenvalue weighted by molar-refractivity contribution is 9.10. The summed E-state index contributed by atoms with van der Waals surface area (Å²) in [6, 6.07) is 4.44. The molecule has 0 saturated carbocycles. The normalized spacial score (nSPS) is 12.4. The lowest BCUT2D eigenvalue weighted by atomic mass is 10.0. The van der Waals surface area contributed by atoms with Crippen LogP contribution in [0.1, 0.15) is 17.3 Å². The van der Waals surface area contributed by atoms with Gasteiger partial charge in [0.05, 0.1) is 22.4 Å². The highest BCUT2D eigenvalue weighted by Crippen LogP contribution is 2.25. The van der Waals surface area contributed by atoms with Gasteiger partial charge in [-0.2, -0.15) is 0 Å². The molecule has 0 saturated heterocycles. The fourth-order valence-corrected chi connectivity index (χ4v) is 2.17. The minimum Gasteiger partial charge on any atom is -0.271 e. The molecule has 3 N–H and O–H groups in total. The van der Waals surface area contributed by atoms with E-state index in [-0.39, 0.29) is 16.5 Å². The summed E-state index contributed by atoms with van der Waals surface area (Å²) in [4.78, 5) is 3.85. The molecule has 0 radical (unpaired) electrons. The molecule has 20 heavy (non-hydrogen) atoms. The molecular weight excluding hydrogens is 335 g/mol. The molecule has 1 heterocycles. The first kappa shape index (κ1) is 15.0. The maximum Gasteiger partial charge on any atom is 0.143 e. The van der Waals surface area contributed by atoms with E-state index in [1.54, 1.807) is 0 Å². The average Bonchev–Trinajstić information content (AvgIpc) is 2.45. The van der Waals surface area contributed by atoms with E-state index in [0.717, 1.165) is 12.3 Å². The summed E-state index contributed by atoms with van der Waals surface area (Å²) in [5.74, 6) is 3.53. The molecular formula is C13H11BrF3N3. The molecule has 1 atom stereocenters. The Bertz CT molecular complexity index is 605. The predicted octanol–water partition coefficient (Wildman–Crippen LogP) is 3.01. The highest BCUT2D eigenvalue weighted by atomic mass is 79.9. The van der Waals surface area contributed by atoms with Crippen molar-refractivity contribution < 1.29 is 13.2 Å². The van der Waals surface area contributed by atoms with Crippen molar-refractivity contribution >= 4 is 15.9 Å². The smallest absolute Gasteiger partial charge is 0.143 e. The third-order valence-electron chi connectivity index (χ3n) is 2.86. The van der Waals surface area contributed by atoms with Crippen LogP contribution in [0.25, 0.3) is 0 Å². The van der Waals surface area contributed by atoms with Gasteiger partial charge in [0.15, 0.2) is 0 Å². The van der Waals surface area contributed by atoms with Crippen molar-refractivity contribution in [2.45, 2.75) is 12.5 Å². The van der Waals surface area contributed by atoms with Crippen LogP contribution in [0.2, 0.25) is 0 Å². The molecule has 0 spiro atoms. The second kappa shape index (κ2) is 6.34. The largest absolute Gasteiger partial charge is 0.271 e. The van der Waals surface area contributed by atoms with Crippen molar-refractivity contribution in [1.29, 1.82) is 0 Å². The second-order valence-corrected chi connectivity index (χ2v) is 5.00. The molecule has 0 aliphatic heterocycles. The van der Waals surface area contributed by atoms with Crippen molar-refractivity contribution in [3.63, 3.8) is 0 Å². The van der Waals surface area contributed by atoms with Gasteiger partial charge in [-0.05, 0) is 40.2 Å². The fraction of sp³-hybridized carbons (Fsp3) is 0.154. The topological polar surface area (TPSA) is 50.9 Å². The van der Waals surface area contributed by atoms with Crippen LogP contribution >= 0.6 is 15.9 Å². The van der Waals surface area contributed by atoms with E-state index in [1.165, 1.54) is 18.2 Å². The first-order valence-corrected chi connectivity index (χ1v) is 6.52. The zero-order chi connectivity index (χ0) is 14.7. The lowest BCUT2D eigenvalue weighted by Gasteiger charge is -2.16. The minimum absolute atomic E-state index is 0.0494. The Kier molecular flexibility index (Phi) is 4.74. The summed E-state index contributed by atoms with van der Waals surface area (Å²) < 4.78 is 40.6. The molecule has 106 valence electrons. The lowest BCUT2D eigenvalue weighted by Crippen LogP contribution is -2.30. The molecule has 0 aliphatic rings. The number of hydrogen-bond donors (Lipinski definition) is 2. The summed E-state index contributed by atoms with van der Waals surface area (Å²) in [6.07, 6.45) is 0.972. The molecule has 0 bridgehead atoms. The number of pyridine rings is 1. The van der Waals surface area contributed by atoms with E-state index in [9.17, 15) is 13.2 Å². The third kappa shape index (κ3) is 3.17. The summed E-state index contributed by atoms with van der Waals surface area (Å²) in [5, 5.41) is 0. The van der Waals surface area contributed by atoms with Crippen molar-refractivity contribution in [2.75, 3.05) is 0 Å². The van der Waals surface area contributed by atoms with Gasteiger partial charge < -0.3 is 0 Å². The molecule has 1 aromatic heterocycles. The van der Waals surface area contributed by atoms with E-state index in [2.05, 4.69) is 26.3 Å². The molecule has 2 rings (SSSR count). The van der Waals surface area contributed by atoms with Crippen LogP contribution in [0.15, 0.2) is 34.9 Å². The minimum atomic E-state index is -0.688. The number of nitrogens with one attached hydrogen (secondary N) is 1.